The molecule has 2 aromatic rings. The third-order valence-electron chi connectivity index (χ3n) is 3.43. The topological polar surface area (TPSA) is 66.5 Å². The molecule has 5 nitrogen and oxygen atoms in total. The molecule has 0 bridgehead atoms. The van der Waals surface area contributed by atoms with Crippen LogP contribution in [-0.4, -0.2) is 31.4 Å². The van der Waals surface area contributed by atoms with Crippen molar-refractivity contribution in [3.05, 3.63) is 64.1 Å². The van der Waals surface area contributed by atoms with E-state index in [1.165, 1.54) is 0 Å². The number of halogens is 1. The Kier molecular flexibility index (Phi) is 6.15. The molecule has 0 spiro atoms. The zero-order valence-corrected chi connectivity index (χ0v) is 15.9. The van der Waals surface area contributed by atoms with Gasteiger partial charge in [-0.1, -0.05) is 46.3 Å². The van der Waals surface area contributed by atoms with Crippen LogP contribution in [0.15, 0.2) is 53.0 Å². The standard InChI is InChI=1S/C17H19BrN2O3S/c1-13-10-15(8-9-16(13)18)19-17(21)12-20(24(2,22)23)11-14-6-4-3-5-7-14/h3-10H,11-12H2,1-2H3,(H,19,21). The zero-order chi connectivity index (χ0) is 17.7. The molecule has 0 heterocycles. The Morgan fingerprint density at radius 3 is 2.42 bits per heavy atom. The molecule has 2 rings (SSSR count). The number of carbonyl (C=O) groups excluding carboxylic acids is 1. The minimum Gasteiger partial charge on any atom is -0.325 e. The highest BCUT2D eigenvalue weighted by atomic mass is 79.9. The van der Waals surface area contributed by atoms with Crippen LogP contribution in [0.5, 0.6) is 0 Å². The van der Waals surface area contributed by atoms with E-state index in [2.05, 4.69) is 21.2 Å². The van der Waals surface area contributed by atoms with Gasteiger partial charge in [-0.3, -0.25) is 4.79 Å². The summed E-state index contributed by atoms with van der Waals surface area (Å²) < 4.78 is 26.0. The first-order valence-electron chi connectivity index (χ1n) is 7.31. The predicted octanol–water partition coefficient (Wildman–Crippen LogP) is 3.16. The highest BCUT2D eigenvalue weighted by Gasteiger charge is 2.20. The molecule has 128 valence electrons. The maximum Gasteiger partial charge on any atom is 0.239 e. The van der Waals surface area contributed by atoms with Crippen LogP contribution in [0.1, 0.15) is 11.1 Å². The summed E-state index contributed by atoms with van der Waals surface area (Å²) in [5.74, 6) is -0.377. The number of aryl methyl sites for hydroxylation is 1. The number of carbonyl (C=O) groups is 1. The Balaban J connectivity index is 2.08. The maximum atomic E-state index is 12.2. The number of benzene rings is 2. The number of hydrogen-bond donors (Lipinski definition) is 1. The van der Waals surface area contributed by atoms with Gasteiger partial charge in [-0.05, 0) is 36.2 Å². The molecular formula is C17H19BrN2O3S. The number of nitrogens with zero attached hydrogens (tertiary/aromatic N) is 1. The van der Waals surface area contributed by atoms with Crippen LogP contribution in [0.2, 0.25) is 0 Å². The molecule has 2 aromatic carbocycles. The highest BCUT2D eigenvalue weighted by molar-refractivity contribution is 9.10. The third-order valence-corrected chi connectivity index (χ3v) is 5.52. The van der Waals surface area contributed by atoms with E-state index in [4.69, 9.17) is 0 Å². The lowest BCUT2D eigenvalue weighted by Crippen LogP contribution is -2.36. The fourth-order valence-corrected chi connectivity index (χ4v) is 3.14. The van der Waals surface area contributed by atoms with Crippen molar-refractivity contribution in [3.63, 3.8) is 0 Å². The number of anilines is 1. The molecule has 1 N–H and O–H groups in total. The van der Waals surface area contributed by atoms with Crippen molar-refractivity contribution in [2.24, 2.45) is 0 Å². The molecule has 0 saturated heterocycles. The summed E-state index contributed by atoms with van der Waals surface area (Å²) in [6.07, 6.45) is 1.10. The van der Waals surface area contributed by atoms with Gasteiger partial charge >= 0.3 is 0 Å². The smallest absolute Gasteiger partial charge is 0.239 e. The second-order valence-corrected chi connectivity index (χ2v) is 8.37. The van der Waals surface area contributed by atoms with Crippen LogP contribution in [0.4, 0.5) is 5.69 Å². The second-order valence-electron chi connectivity index (χ2n) is 5.53. The number of nitrogens with one attached hydrogen (secondary N) is 1. The molecule has 0 aliphatic heterocycles. The number of amides is 1. The summed E-state index contributed by atoms with van der Waals surface area (Å²) in [5.41, 5.74) is 2.45. The first-order valence-corrected chi connectivity index (χ1v) is 9.95. The van der Waals surface area contributed by atoms with Crippen molar-refractivity contribution in [2.45, 2.75) is 13.5 Å². The van der Waals surface area contributed by atoms with Gasteiger partial charge in [0.05, 0.1) is 12.8 Å². The number of hydrogen-bond acceptors (Lipinski definition) is 3. The van der Waals surface area contributed by atoms with Crippen LogP contribution in [0.25, 0.3) is 0 Å². The van der Waals surface area contributed by atoms with Gasteiger partial charge in [0, 0.05) is 16.7 Å². The minimum absolute atomic E-state index is 0.159. The fraction of sp³-hybridized carbons (Fsp3) is 0.235. The van der Waals surface area contributed by atoms with Crippen LogP contribution < -0.4 is 5.32 Å². The van der Waals surface area contributed by atoms with E-state index in [1.54, 1.807) is 6.07 Å². The molecule has 0 aromatic heterocycles. The lowest BCUT2D eigenvalue weighted by Gasteiger charge is -2.19. The minimum atomic E-state index is -3.50. The van der Waals surface area contributed by atoms with E-state index in [0.717, 1.165) is 26.2 Å². The highest BCUT2D eigenvalue weighted by Crippen LogP contribution is 2.20. The van der Waals surface area contributed by atoms with Gasteiger partial charge < -0.3 is 5.32 Å². The van der Waals surface area contributed by atoms with Gasteiger partial charge in [-0.25, -0.2) is 8.42 Å². The number of rotatable bonds is 6. The average Bonchev–Trinajstić information content (AvgIpc) is 2.50. The summed E-state index contributed by atoms with van der Waals surface area (Å²) in [6, 6.07) is 14.6. The molecular weight excluding hydrogens is 392 g/mol. The molecule has 0 aliphatic carbocycles. The lowest BCUT2D eigenvalue weighted by atomic mass is 10.2. The molecule has 24 heavy (non-hydrogen) atoms. The second kappa shape index (κ2) is 7.92. The van der Waals surface area contributed by atoms with Crippen LogP contribution in [0.3, 0.4) is 0 Å². The zero-order valence-electron chi connectivity index (χ0n) is 13.5. The van der Waals surface area contributed by atoms with E-state index in [0.29, 0.717) is 5.69 Å². The summed E-state index contributed by atoms with van der Waals surface area (Å²) in [6.45, 7) is 1.84. The molecule has 0 atom stereocenters. The molecule has 0 unspecified atom stereocenters. The molecule has 0 aliphatic rings. The van der Waals surface area contributed by atoms with Crippen molar-refractivity contribution < 1.29 is 13.2 Å². The van der Waals surface area contributed by atoms with Crippen molar-refractivity contribution in [3.8, 4) is 0 Å². The summed E-state index contributed by atoms with van der Waals surface area (Å²) in [7, 11) is -3.50. The normalized spacial score (nSPS) is 11.5. The molecule has 7 heteroatoms. The van der Waals surface area contributed by atoms with Crippen LogP contribution in [-0.2, 0) is 21.4 Å². The number of sulfonamides is 1. The maximum absolute atomic E-state index is 12.2. The van der Waals surface area contributed by atoms with Gasteiger partial charge in [0.15, 0.2) is 0 Å². The fourth-order valence-electron chi connectivity index (χ4n) is 2.16. The van der Waals surface area contributed by atoms with Gasteiger partial charge in [0.2, 0.25) is 15.9 Å². The van der Waals surface area contributed by atoms with Crippen LogP contribution in [0, 0.1) is 6.92 Å². The lowest BCUT2D eigenvalue weighted by molar-refractivity contribution is -0.116. The van der Waals surface area contributed by atoms with E-state index >= 15 is 0 Å². The van der Waals surface area contributed by atoms with Crippen molar-refractivity contribution in [2.75, 3.05) is 18.1 Å². The monoisotopic (exact) mass is 410 g/mol. The van der Waals surface area contributed by atoms with E-state index in [-0.39, 0.29) is 19.0 Å². The van der Waals surface area contributed by atoms with E-state index in [9.17, 15) is 13.2 Å². The molecule has 0 radical (unpaired) electrons. The van der Waals surface area contributed by atoms with Gasteiger partial charge in [-0.15, -0.1) is 0 Å². The quantitative estimate of drug-likeness (QED) is 0.794. The van der Waals surface area contributed by atoms with Gasteiger partial charge in [0.25, 0.3) is 0 Å². The largest absolute Gasteiger partial charge is 0.325 e. The SMILES string of the molecule is Cc1cc(NC(=O)CN(Cc2ccccc2)S(C)(=O)=O)ccc1Br. The summed E-state index contributed by atoms with van der Waals surface area (Å²) in [4.78, 5) is 12.2. The van der Waals surface area contributed by atoms with Gasteiger partial charge in [0.1, 0.15) is 0 Å². The predicted molar refractivity (Wildman–Crippen MR) is 99.2 cm³/mol. The van der Waals surface area contributed by atoms with E-state index in [1.807, 2.05) is 49.4 Å². The summed E-state index contributed by atoms with van der Waals surface area (Å²) in [5, 5.41) is 2.73. The Morgan fingerprint density at radius 1 is 1.17 bits per heavy atom. The third kappa shape index (κ3) is 5.43. The molecule has 1 amide bonds. The van der Waals surface area contributed by atoms with Crippen molar-refractivity contribution in [1.82, 2.24) is 4.31 Å². The Morgan fingerprint density at radius 2 is 1.83 bits per heavy atom. The van der Waals surface area contributed by atoms with Gasteiger partial charge in [-0.2, -0.15) is 4.31 Å². The van der Waals surface area contributed by atoms with Crippen LogP contribution >= 0.6 is 15.9 Å². The molecule has 0 fully saturated rings. The first kappa shape index (κ1) is 18.6. The molecule has 0 saturated carbocycles. The average molecular weight is 411 g/mol. The van der Waals surface area contributed by atoms with Crippen molar-refractivity contribution in [1.29, 1.82) is 0 Å². The Labute approximate surface area is 150 Å². The Bertz CT molecular complexity index is 823. The van der Waals surface area contributed by atoms with Crippen molar-refractivity contribution >= 4 is 37.5 Å². The first-order chi connectivity index (χ1) is 11.3. The Hall–Kier alpha value is -1.70. The summed E-state index contributed by atoms with van der Waals surface area (Å²) >= 11 is 3.40. The van der Waals surface area contributed by atoms with E-state index < -0.39 is 10.0 Å².